The number of anilines is 1. The molecule has 7 rings (SSSR count). The smallest absolute Gasteiger partial charge is 0.306 e. The lowest BCUT2D eigenvalue weighted by Gasteiger charge is -2.56. The zero-order chi connectivity index (χ0) is 24.9. The van der Waals surface area contributed by atoms with E-state index in [2.05, 4.69) is 15.2 Å². The molecule has 6 nitrogen and oxygen atoms in total. The van der Waals surface area contributed by atoms with Crippen molar-refractivity contribution < 1.29 is 14.7 Å². The van der Waals surface area contributed by atoms with Gasteiger partial charge < -0.3 is 15.3 Å². The van der Waals surface area contributed by atoms with E-state index < -0.39 is 5.97 Å². The van der Waals surface area contributed by atoms with Gasteiger partial charge in [-0.25, -0.2) is 4.98 Å². The van der Waals surface area contributed by atoms with Gasteiger partial charge in [0, 0.05) is 31.4 Å². The van der Waals surface area contributed by atoms with E-state index in [0.29, 0.717) is 36.5 Å². The molecule has 4 saturated carbocycles. The van der Waals surface area contributed by atoms with Crippen molar-refractivity contribution in [1.29, 1.82) is 0 Å². The number of halogens is 1. The van der Waals surface area contributed by atoms with Crippen LogP contribution in [0.3, 0.4) is 0 Å². The fourth-order valence-corrected chi connectivity index (χ4v) is 8.15. The number of pyridine rings is 1. The molecular formula is C29H34ClN3O3. The Morgan fingerprint density at radius 1 is 1.06 bits per heavy atom. The Labute approximate surface area is 217 Å². The van der Waals surface area contributed by atoms with Gasteiger partial charge in [-0.2, -0.15) is 0 Å². The van der Waals surface area contributed by atoms with Crippen LogP contribution in [0, 0.1) is 29.1 Å². The molecule has 0 unspecified atom stereocenters. The van der Waals surface area contributed by atoms with E-state index in [9.17, 15) is 14.7 Å². The number of benzene rings is 1. The SMILES string of the molecule is O=C(NCC12CC3CC(CC(C3)C1)C2)c1cc(-c2cccnc2N2CCC(C(=O)O)CC2)ccc1Cl. The second-order valence-electron chi connectivity index (χ2n) is 11.8. The predicted molar refractivity (Wildman–Crippen MR) is 140 cm³/mol. The number of hydrogen-bond donors (Lipinski definition) is 2. The number of aromatic nitrogens is 1. The molecule has 0 spiro atoms. The number of amides is 1. The van der Waals surface area contributed by atoms with Crippen LogP contribution in [-0.2, 0) is 4.79 Å². The normalized spacial score (nSPS) is 29.4. The molecule has 2 heterocycles. The predicted octanol–water partition coefficient (Wildman–Crippen LogP) is 5.65. The molecule has 7 heteroatoms. The number of hydrogen-bond acceptors (Lipinski definition) is 4. The molecule has 36 heavy (non-hydrogen) atoms. The van der Waals surface area contributed by atoms with E-state index in [-0.39, 0.29) is 17.2 Å². The van der Waals surface area contributed by atoms with E-state index in [0.717, 1.165) is 41.2 Å². The minimum absolute atomic E-state index is 0.106. The molecule has 2 aromatic rings. The number of carboxylic acids is 1. The first-order chi connectivity index (χ1) is 17.4. The number of carboxylic acid groups (broad SMARTS) is 1. The second kappa shape index (κ2) is 9.37. The Hall–Kier alpha value is -2.60. The van der Waals surface area contributed by atoms with Crippen LogP contribution in [0.1, 0.15) is 61.7 Å². The standard InChI is InChI=1S/C29H34ClN3O3/c30-25-4-3-22(23-2-1-7-31-26(23)33-8-5-21(6-9-33)28(35)36)13-24(25)27(34)32-17-29-14-18-10-19(15-29)12-20(11-18)16-29/h1-4,7,13,18-21H,5-6,8-12,14-17H2,(H,32,34)(H,35,36). The number of carbonyl (C=O) groups excluding carboxylic acids is 1. The summed E-state index contributed by atoms with van der Waals surface area (Å²) >= 11 is 6.52. The molecule has 1 aromatic heterocycles. The van der Waals surface area contributed by atoms with Gasteiger partial charge in [-0.05, 0) is 104 Å². The molecule has 5 fully saturated rings. The van der Waals surface area contributed by atoms with Crippen LogP contribution < -0.4 is 10.2 Å². The molecule has 1 aromatic carbocycles. The summed E-state index contributed by atoms with van der Waals surface area (Å²) in [6.07, 6.45) is 10.9. The molecule has 190 valence electrons. The van der Waals surface area contributed by atoms with Crippen molar-refractivity contribution in [3.63, 3.8) is 0 Å². The Morgan fingerprint density at radius 2 is 1.72 bits per heavy atom. The third kappa shape index (κ3) is 4.49. The third-order valence-corrected chi connectivity index (χ3v) is 9.57. The van der Waals surface area contributed by atoms with Crippen LogP contribution in [0.2, 0.25) is 5.02 Å². The Morgan fingerprint density at radius 3 is 2.36 bits per heavy atom. The minimum Gasteiger partial charge on any atom is -0.481 e. The van der Waals surface area contributed by atoms with Gasteiger partial charge in [-0.1, -0.05) is 17.7 Å². The quantitative estimate of drug-likeness (QED) is 0.528. The van der Waals surface area contributed by atoms with Crippen LogP contribution in [-0.4, -0.2) is 41.6 Å². The lowest BCUT2D eigenvalue weighted by molar-refractivity contribution is -0.142. The minimum atomic E-state index is -0.724. The van der Waals surface area contributed by atoms with Crippen molar-refractivity contribution in [3.05, 3.63) is 47.1 Å². The molecule has 0 atom stereocenters. The largest absolute Gasteiger partial charge is 0.481 e. The van der Waals surface area contributed by atoms with Crippen LogP contribution in [0.4, 0.5) is 5.82 Å². The molecular weight excluding hydrogens is 474 g/mol. The summed E-state index contributed by atoms with van der Waals surface area (Å²) < 4.78 is 0. The summed E-state index contributed by atoms with van der Waals surface area (Å²) in [5.74, 6) is 2.25. The first-order valence-electron chi connectivity index (χ1n) is 13.4. The molecule has 0 radical (unpaired) electrons. The number of aliphatic carboxylic acids is 1. The topological polar surface area (TPSA) is 82.5 Å². The number of nitrogens with one attached hydrogen (secondary N) is 1. The maximum Gasteiger partial charge on any atom is 0.306 e. The summed E-state index contributed by atoms with van der Waals surface area (Å²) in [4.78, 5) is 31.5. The first-order valence-corrected chi connectivity index (χ1v) is 13.8. The van der Waals surface area contributed by atoms with E-state index in [1.54, 1.807) is 12.3 Å². The highest BCUT2D eigenvalue weighted by Crippen LogP contribution is 2.59. The zero-order valence-electron chi connectivity index (χ0n) is 20.6. The van der Waals surface area contributed by atoms with Crippen molar-refractivity contribution in [2.24, 2.45) is 29.1 Å². The number of carbonyl (C=O) groups is 2. The highest BCUT2D eigenvalue weighted by Gasteiger charge is 2.50. The molecule has 2 N–H and O–H groups in total. The van der Waals surface area contributed by atoms with Gasteiger partial charge in [0.15, 0.2) is 0 Å². The average molecular weight is 508 g/mol. The lowest BCUT2D eigenvalue weighted by atomic mass is 9.49. The third-order valence-electron chi connectivity index (χ3n) is 9.24. The van der Waals surface area contributed by atoms with Crippen molar-refractivity contribution in [2.45, 2.75) is 51.4 Å². The van der Waals surface area contributed by atoms with Crippen LogP contribution in [0.25, 0.3) is 11.1 Å². The Kier molecular flexibility index (Phi) is 6.19. The molecule has 1 amide bonds. The zero-order valence-corrected chi connectivity index (χ0v) is 21.3. The lowest BCUT2D eigenvalue weighted by Crippen LogP contribution is -2.51. The molecule has 1 saturated heterocycles. The number of rotatable bonds is 6. The first kappa shape index (κ1) is 23.8. The summed E-state index contributed by atoms with van der Waals surface area (Å²) in [7, 11) is 0. The van der Waals surface area contributed by atoms with E-state index in [1.165, 1.54) is 38.5 Å². The maximum atomic E-state index is 13.4. The van der Waals surface area contributed by atoms with Crippen molar-refractivity contribution in [2.75, 3.05) is 24.5 Å². The fraction of sp³-hybridized carbons (Fsp3) is 0.552. The van der Waals surface area contributed by atoms with Crippen molar-refractivity contribution in [3.8, 4) is 11.1 Å². The van der Waals surface area contributed by atoms with Gasteiger partial charge >= 0.3 is 5.97 Å². The van der Waals surface area contributed by atoms with Gasteiger partial charge in [0.1, 0.15) is 5.82 Å². The highest BCUT2D eigenvalue weighted by molar-refractivity contribution is 6.34. The molecule has 4 bridgehead atoms. The van der Waals surface area contributed by atoms with E-state index in [1.807, 2.05) is 24.3 Å². The maximum absolute atomic E-state index is 13.4. The monoisotopic (exact) mass is 507 g/mol. The van der Waals surface area contributed by atoms with Gasteiger partial charge in [0.2, 0.25) is 0 Å². The summed E-state index contributed by atoms with van der Waals surface area (Å²) in [6, 6.07) is 9.50. The van der Waals surface area contributed by atoms with Gasteiger partial charge in [-0.3, -0.25) is 9.59 Å². The molecule has 5 aliphatic rings. The van der Waals surface area contributed by atoms with Crippen molar-refractivity contribution >= 4 is 29.3 Å². The van der Waals surface area contributed by atoms with Crippen LogP contribution >= 0.6 is 11.6 Å². The van der Waals surface area contributed by atoms with Crippen molar-refractivity contribution in [1.82, 2.24) is 10.3 Å². The number of nitrogens with zero attached hydrogens (tertiary/aromatic N) is 2. The molecule has 4 aliphatic carbocycles. The summed E-state index contributed by atoms with van der Waals surface area (Å²) in [6.45, 7) is 2.03. The van der Waals surface area contributed by atoms with Crippen LogP contribution in [0.5, 0.6) is 0 Å². The Balaban J connectivity index is 1.20. The van der Waals surface area contributed by atoms with Gasteiger partial charge in [0.25, 0.3) is 5.91 Å². The van der Waals surface area contributed by atoms with E-state index >= 15 is 0 Å². The van der Waals surface area contributed by atoms with E-state index in [4.69, 9.17) is 11.6 Å². The summed E-state index contributed by atoms with van der Waals surface area (Å²) in [5, 5.41) is 13.1. The van der Waals surface area contributed by atoms with Crippen LogP contribution in [0.15, 0.2) is 36.5 Å². The summed E-state index contributed by atoms with van der Waals surface area (Å²) in [5.41, 5.74) is 2.59. The fourth-order valence-electron chi connectivity index (χ4n) is 7.95. The van der Waals surface area contributed by atoms with Gasteiger partial charge in [0.05, 0.1) is 16.5 Å². The number of piperidine rings is 1. The highest BCUT2D eigenvalue weighted by atomic mass is 35.5. The van der Waals surface area contributed by atoms with Gasteiger partial charge in [-0.15, -0.1) is 0 Å². The average Bonchev–Trinajstić information content (AvgIpc) is 2.87. The Bertz CT molecular complexity index is 1140. The second-order valence-corrected chi connectivity index (χ2v) is 12.2. The molecule has 1 aliphatic heterocycles.